The van der Waals surface area contributed by atoms with E-state index in [-0.39, 0.29) is 18.0 Å². The normalized spacial score (nSPS) is 11.3. The second-order valence-corrected chi connectivity index (χ2v) is 7.23. The number of para-hydroxylation sites is 1. The van der Waals surface area contributed by atoms with Gasteiger partial charge < -0.3 is 10.1 Å². The Morgan fingerprint density at radius 3 is 2.27 bits per heavy atom. The van der Waals surface area contributed by atoms with Gasteiger partial charge in [0.1, 0.15) is 11.3 Å². The van der Waals surface area contributed by atoms with E-state index in [2.05, 4.69) is 10.4 Å². The minimum Gasteiger partial charge on any atom is -0.480 e. The third kappa shape index (κ3) is 4.74. The van der Waals surface area contributed by atoms with Crippen molar-refractivity contribution in [1.29, 1.82) is 0 Å². The molecule has 0 fully saturated rings. The molecule has 0 spiro atoms. The fourth-order valence-electron chi connectivity index (χ4n) is 3.47. The topological polar surface area (TPSA) is 56.1 Å². The number of amides is 1. The number of aromatic nitrogens is 2. The summed E-state index contributed by atoms with van der Waals surface area (Å²) in [7, 11) is 1.44. The Hall–Kier alpha value is -4.07. The molecular formula is C25H20F3N3O2. The van der Waals surface area contributed by atoms with Gasteiger partial charge in [0, 0.05) is 12.1 Å². The summed E-state index contributed by atoms with van der Waals surface area (Å²) in [5.41, 5.74) is 1.55. The summed E-state index contributed by atoms with van der Waals surface area (Å²) in [6.45, 7) is -0.0867. The van der Waals surface area contributed by atoms with Gasteiger partial charge in [-0.15, -0.1) is 0 Å². The highest BCUT2D eigenvalue weighted by Gasteiger charge is 2.30. The number of nitrogens with zero attached hydrogens (tertiary/aromatic N) is 2. The van der Waals surface area contributed by atoms with Crippen LogP contribution < -0.4 is 10.1 Å². The molecular weight excluding hydrogens is 431 g/mol. The Morgan fingerprint density at radius 2 is 1.64 bits per heavy atom. The Bertz CT molecular complexity index is 1250. The van der Waals surface area contributed by atoms with Crippen LogP contribution in [0.1, 0.15) is 21.5 Å². The van der Waals surface area contributed by atoms with Crippen molar-refractivity contribution in [3.63, 3.8) is 0 Å². The minimum absolute atomic E-state index is 0.0867. The number of ether oxygens (including phenoxy) is 1. The molecule has 0 unspecified atom stereocenters. The molecule has 0 saturated heterocycles. The molecule has 168 valence electrons. The average molecular weight is 451 g/mol. The zero-order chi connectivity index (χ0) is 23.4. The van der Waals surface area contributed by atoms with E-state index >= 15 is 0 Å². The van der Waals surface area contributed by atoms with Gasteiger partial charge in [0.05, 0.1) is 18.4 Å². The molecule has 0 radical (unpaired) electrons. The number of methoxy groups -OCH3 is 1. The Morgan fingerprint density at radius 1 is 0.970 bits per heavy atom. The van der Waals surface area contributed by atoms with Crippen LogP contribution in [0.25, 0.3) is 16.9 Å². The molecule has 5 nitrogen and oxygen atoms in total. The maximum atomic E-state index is 13.3. The van der Waals surface area contributed by atoms with E-state index < -0.39 is 17.6 Å². The quantitative estimate of drug-likeness (QED) is 0.421. The highest BCUT2D eigenvalue weighted by molar-refractivity contribution is 6.02. The van der Waals surface area contributed by atoms with Gasteiger partial charge in [0.15, 0.2) is 0 Å². The maximum Gasteiger partial charge on any atom is 0.416 e. The van der Waals surface area contributed by atoms with Gasteiger partial charge in [0.2, 0.25) is 5.88 Å². The van der Waals surface area contributed by atoms with Gasteiger partial charge >= 0.3 is 6.18 Å². The predicted octanol–water partition coefficient (Wildman–Crippen LogP) is 5.50. The van der Waals surface area contributed by atoms with Crippen molar-refractivity contribution in [1.82, 2.24) is 15.1 Å². The number of carbonyl (C=O) groups is 1. The Kier molecular flexibility index (Phi) is 6.17. The molecule has 0 aliphatic heterocycles. The molecule has 1 N–H and O–H groups in total. The van der Waals surface area contributed by atoms with E-state index in [0.29, 0.717) is 22.5 Å². The lowest BCUT2D eigenvalue weighted by molar-refractivity contribution is -0.137. The summed E-state index contributed by atoms with van der Waals surface area (Å²) in [6.07, 6.45) is -4.46. The van der Waals surface area contributed by atoms with Gasteiger partial charge in [-0.2, -0.15) is 23.0 Å². The number of hydrogen-bond acceptors (Lipinski definition) is 3. The predicted molar refractivity (Wildman–Crippen MR) is 118 cm³/mol. The monoisotopic (exact) mass is 451 g/mol. The van der Waals surface area contributed by atoms with Crippen LogP contribution in [-0.4, -0.2) is 22.8 Å². The van der Waals surface area contributed by atoms with Gasteiger partial charge in [-0.1, -0.05) is 60.7 Å². The van der Waals surface area contributed by atoms with Crippen molar-refractivity contribution in [3.8, 4) is 22.8 Å². The molecule has 1 heterocycles. The fraction of sp³-hybridized carbons (Fsp3) is 0.120. The number of halogens is 3. The number of benzene rings is 3. The number of hydrogen-bond donors (Lipinski definition) is 1. The summed E-state index contributed by atoms with van der Waals surface area (Å²) in [4.78, 5) is 13.3. The summed E-state index contributed by atoms with van der Waals surface area (Å²) in [5, 5.41) is 7.33. The zero-order valence-corrected chi connectivity index (χ0v) is 17.6. The molecule has 0 aliphatic rings. The molecule has 1 amide bonds. The molecule has 0 bridgehead atoms. The molecule has 8 heteroatoms. The highest BCUT2D eigenvalue weighted by Crippen LogP contribution is 2.33. The van der Waals surface area contributed by atoms with Gasteiger partial charge in [-0.3, -0.25) is 4.79 Å². The van der Waals surface area contributed by atoms with Crippen LogP contribution in [0.2, 0.25) is 0 Å². The van der Waals surface area contributed by atoms with Crippen LogP contribution in [-0.2, 0) is 12.7 Å². The van der Waals surface area contributed by atoms with Crippen molar-refractivity contribution in [2.75, 3.05) is 7.11 Å². The average Bonchev–Trinajstić information content (AvgIpc) is 3.23. The number of nitrogens with one attached hydrogen (secondary N) is 1. The first-order valence-corrected chi connectivity index (χ1v) is 10.1. The van der Waals surface area contributed by atoms with E-state index in [9.17, 15) is 18.0 Å². The molecule has 0 saturated carbocycles. The van der Waals surface area contributed by atoms with Crippen molar-refractivity contribution >= 4 is 5.91 Å². The third-order valence-electron chi connectivity index (χ3n) is 5.02. The number of carbonyl (C=O) groups excluding carboxylic acids is 1. The van der Waals surface area contributed by atoms with Gasteiger partial charge in [-0.25, -0.2) is 0 Å². The molecule has 3 aromatic carbocycles. The summed E-state index contributed by atoms with van der Waals surface area (Å²) in [6, 6.07) is 23.2. The molecule has 4 aromatic rings. The Balaban J connectivity index is 1.71. The molecule has 0 aliphatic carbocycles. The van der Waals surface area contributed by atoms with Crippen LogP contribution in [0.15, 0.2) is 84.9 Å². The summed E-state index contributed by atoms with van der Waals surface area (Å²) >= 11 is 0. The van der Waals surface area contributed by atoms with E-state index in [1.807, 2.05) is 60.7 Å². The second-order valence-electron chi connectivity index (χ2n) is 7.23. The first-order valence-electron chi connectivity index (χ1n) is 10.1. The van der Waals surface area contributed by atoms with Crippen LogP contribution in [0.3, 0.4) is 0 Å². The zero-order valence-electron chi connectivity index (χ0n) is 17.6. The smallest absolute Gasteiger partial charge is 0.416 e. The van der Waals surface area contributed by atoms with Crippen LogP contribution in [0.4, 0.5) is 13.2 Å². The molecule has 0 atom stereocenters. The van der Waals surface area contributed by atoms with Gasteiger partial charge in [0.25, 0.3) is 5.91 Å². The summed E-state index contributed by atoms with van der Waals surface area (Å²) < 4.78 is 46.2. The van der Waals surface area contributed by atoms with Crippen LogP contribution in [0, 0.1) is 0 Å². The first-order chi connectivity index (χ1) is 15.9. The SMILES string of the molecule is COc1c(C(=O)NCc2cccc(C(F)(F)F)c2)c(-c2ccccc2)nn1-c1ccccc1. The van der Waals surface area contributed by atoms with Crippen molar-refractivity contribution in [3.05, 3.63) is 102 Å². The number of rotatable bonds is 6. The van der Waals surface area contributed by atoms with Crippen LogP contribution in [0.5, 0.6) is 5.88 Å². The van der Waals surface area contributed by atoms with Crippen LogP contribution >= 0.6 is 0 Å². The highest BCUT2D eigenvalue weighted by atomic mass is 19.4. The largest absolute Gasteiger partial charge is 0.480 e. The lowest BCUT2D eigenvalue weighted by Crippen LogP contribution is -2.24. The second kappa shape index (κ2) is 9.20. The molecule has 1 aromatic heterocycles. The van der Waals surface area contributed by atoms with Crippen molar-refractivity contribution < 1.29 is 22.7 Å². The minimum atomic E-state index is -4.46. The fourth-order valence-corrected chi connectivity index (χ4v) is 3.47. The maximum absolute atomic E-state index is 13.3. The third-order valence-corrected chi connectivity index (χ3v) is 5.02. The van der Waals surface area contributed by atoms with E-state index in [1.165, 1.54) is 23.9 Å². The first kappa shape index (κ1) is 22.1. The van der Waals surface area contributed by atoms with Crippen molar-refractivity contribution in [2.45, 2.75) is 12.7 Å². The molecule has 4 rings (SSSR count). The van der Waals surface area contributed by atoms with Crippen molar-refractivity contribution in [2.24, 2.45) is 0 Å². The summed E-state index contributed by atoms with van der Waals surface area (Å²) in [5.74, 6) is -0.285. The lowest BCUT2D eigenvalue weighted by atomic mass is 10.1. The van der Waals surface area contributed by atoms with Gasteiger partial charge in [-0.05, 0) is 29.8 Å². The molecule has 33 heavy (non-hydrogen) atoms. The standard InChI is InChI=1S/C25H20F3N3O2/c1-33-24-21(23(32)29-16-17-9-8-12-19(15-17)25(26,27)28)22(18-10-4-2-5-11-18)30-31(24)20-13-6-3-7-14-20/h2-15H,16H2,1H3,(H,29,32). The number of alkyl halides is 3. The lowest BCUT2D eigenvalue weighted by Gasteiger charge is -2.11. The van der Waals surface area contributed by atoms with E-state index in [4.69, 9.17) is 4.74 Å². The van der Waals surface area contributed by atoms with E-state index in [0.717, 1.165) is 12.1 Å². The van der Waals surface area contributed by atoms with E-state index in [1.54, 1.807) is 0 Å². The Labute approximate surface area is 188 Å².